The Hall–Kier alpha value is -1.62. The SMILES string of the molecule is [CH2]C(CF)c1cccc(C=C)c1C#N. The third kappa shape index (κ3) is 1.82. The molecule has 0 bridgehead atoms. The van der Waals surface area contributed by atoms with Gasteiger partial charge in [0.15, 0.2) is 0 Å². The molecule has 0 fully saturated rings. The highest BCUT2D eigenvalue weighted by Gasteiger charge is 2.12. The van der Waals surface area contributed by atoms with E-state index >= 15 is 0 Å². The number of benzene rings is 1. The van der Waals surface area contributed by atoms with Crippen molar-refractivity contribution in [3.8, 4) is 6.07 Å². The summed E-state index contributed by atoms with van der Waals surface area (Å²) in [7, 11) is 0. The van der Waals surface area contributed by atoms with Crippen LogP contribution < -0.4 is 0 Å². The molecule has 0 amide bonds. The molecular formula is C12H11FN. The van der Waals surface area contributed by atoms with Crippen molar-refractivity contribution >= 4 is 6.08 Å². The molecule has 71 valence electrons. The van der Waals surface area contributed by atoms with Gasteiger partial charge in [-0.3, -0.25) is 4.39 Å². The van der Waals surface area contributed by atoms with Gasteiger partial charge in [0.2, 0.25) is 0 Å². The van der Waals surface area contributed by atoms with Crippen LogP contribution in [-0.4, -0.2) is 6.67 Å². The molecule has 2 heteroatoms. The molecule has 0 aromatic heterocycles. The molecule has 0 N–H and O–H groups in total. The minimum Gasteiger partial charge on any atom is -0.250 e. The van der Waals surface area contributed by atoms with Crippen molar-refractivity contribution in [1.82, 2.24) is 0 Å². The Labute approximate surface area is 83.5 Å². The fourth-order valence-electron chi connectivity index (χ4n) is 1.31. The topological polar surface area (TPSA) is 23.8 Å². The lowest BCUT2D eigenvalue weighted by atomic mass is 9.94. The van der Waals surface area contributed by atoms with Crippen molar-refractivity contribution in [2.45, 2.75) is 5.92 Å². The van der Waals surface area contributed by atoms with E-state index in [1.807, 2.05) is 0 Å². The van der Waals surface area contributed by atoms with Crippen molar-refractivity contribution < 1.29 is 4.39 Å². The van der Waals surface area contributed by atoms with Gasteiger partial charge in [-0.25, -0.2) is 0 Å². The lowest BCUT2D eigenvalue weighted by molar-refractivity contribution is 0.465. The van der Waals surface area contributed by atoms with Gasteiger partial charge in [0, 0.05) is 5.92 Å². The van der Waals surface area contributed by atoms with Crippen molar-refractivity contribution in [2.75, 3.05) is 6.67 Å². The first-order valence-electron chi connectivity index (χ1n) is 4.29. The fraction of sp³-hybridized carbons (Fsp3) is 0.167. The molecule has 1 aromatic rings. The van der Waals surface area contributed by atoms with Gasteiger partial charge < -0.3 is 0 Å². The maximum Gasteiger partial charge on any atom is 0.100 e. The van der Waals surface area contributed by atoms with E-state index < -0.39 is 12.6 Å². The molecule has 0 spiro atoms. The van der Waals surface area contributed by atoms with Gasteiger partial charge >= 0.3 is 0 Å². The molecule has 0 aliphatic carbocycles. The summed E-state index contributed by atoms with van der Waals surface area (Å²) in [5.41, 5.74) is 1.85. The molecule has 0 saturated heterocycles. The van der Waals surface area contributed by atoms with E-state index in [1.54, 1.807) is 24.3 Å². The summed E-state index contributed by atoms with van der Waals surface area (Å²) >= 11 is 0. The highest BCUT2D eigenvalue weighted by molar-refractivity contribution is 5.60. The van der Waals surface area contributed by atoms with Crippen LogP contribution in [0.1, 0.15) is 22.6 Å². The minimum atomic E-state index is -0.560. The average Bonchev–Trinajstić information content (AvgIpc) is 2.26. The van der Waals surface area contributed by atoms with Crippen molar-refractivity contribution in [2.24, 2.45) is 0 Å². The number of alkyl halides is 1. The molecule has 1 aromatic carbocycles. The van der Waals surface area contributed by atoms with Crippen LogP contribution >= 0.6 is 0 Å². The van der Waals surface area contributed by atoms with Crippen LogP contribution in [0.3, 0.4) is 0 Å². The standard InChI is InChI=1S/C12H11FN/c1-3-10-5-4-6-11(9(2)7-13)12(10)8-14/h3-6,9H,1-2,7H2. The van der Waals surface area contributed by atoms with E-state index in [1.165, 1.54) is 0 Å². The van der Waals surface area contributed by atoms with Gasteiger partial charge in [-0.05, 0) is 18.1 Å². The summed E-state index contributed by atoms with van der Waals surface area (Å²) in [5, 5.41) is 8.93. The van der Waals surface area contributed by atoms with Crippen LogP contribution in [0.15, 0.2) is 24.8 Å². The Bertz CT molecular complexity index is 376. The molecule has 0 aliphatic heterocycles. The van der Waals surface area contributed by atoms with Crippen molar-refractivity contribution in [1.29, 1.82) is 5.26 Å². The molecule has 1 rings (SSSR count). The Morgan fingerprint density at radius 2 is 2.29 bits per heavy atom. The van der Waals surface area contributed by atoms with Gasteiger partial charge in [-0.2, -0.15) is 5.26 Å². The van der Waals surface area contributed by atoms with Gasteiger partial charge in [-0.1, -0.05) is 30.9 Å². The molecule has 1 unspecified atom stereocenters. The van der Waals surface area contributed by atoms with Crippen LogP contribution in [0.2, 0.25) is 0 Å². The van der Waals surface area contributed by atoms with Crippen molar-refractivity contribution in [3.63, 3.8) is 0 Å². The summed E-state index contributed by atoms with van der Waals surface area (Å²) in [5.74, 6) is -0.482. The number of nitriles is 1. The number of nitrogens with zero attached hydrogens (tertiary/aromatic N) is 1. The summed E-state index contributed by atoms with van der Waals surface area (Å²) in [6.45, 7) is 6.69. The average molecular weight is 188 g/mol. The normalized spacial score (nSPS) is 11.8. The first-order chi connectivity index (χ1) is 6.74. The second kappa shape index (κ2) is 4.57. The van der Waals surface area contributed by atoms with Gasteiger partial charge in [0.05, 0.1) is 12.2 Å². The van der Waals surface area contributed by atoms with Crippen LogP contribution in [0.25, 0.3) is 6.08 Å². The largest absolute Gasteiger partial charge is 0.250 e. The Kier molecular flexibility index (Phi) is 3.41. The van der Waals surface area contributed by atoms with E-state index in [2.05, 4.69) is 19.6 Å². The van der Waals surface area contributed by atoms with E-state index in [9.17, 15) is 4.39 Å². The lowest BCUT2D eigenvalue weighted by Crippen LogP contribution is -2.00. The van der Waals surface area contributed by atoms with Crippen LogP contribution in [0, 0.1) is 18.3 Å². The zero-order valence-corrected chi connectivity index (χ0v) is 7.83. The number of rotatable bonds is 3. The predicted octanol–water partition coefficient (Wildman–Crippen LogP) is 3.09. The molecule has 0 aliphatic rings. The van der Waals surface area contributed by atoms with E-state index in [4.69, 9.17) is 5.26 Å². The minimum absolute atomic E-state index is 0.472. The van der Waals surface area contributed by atoms with Gasteiger partial charge in [0.1, 0.15) is 6.07 Å². The first kappa shape index (κ1) is 10.5. The fourth-order valence-corrected chi connectivity index (χ4v) is 1.31. The summed E-state index contributed by atoms with van der Waals surface area (Å²) in [4.78, 5) is 0. The van der Waals surface area contributed by atoms with Crippen molar-refractivity contribution in [3.05, 3.63) is 48.4 Å². The second-order valence-corrected chi connectivity index (χ2v) is 2.98. The molecule has 1 nitrogen and oxygen atoms in total. The van der Waals surface area contributed by atoms with Crippen LogP contribution in [0.5, 0.6) is 0 Å². The Balaban J connectivity index is 3.30. The highest BCUT2D eigenvalue weighted by Crippen LogP contribution is 2.23. The first-order valence-corrected chi connectivity index (χ1v) is 4.29. The quantitative estimate of drug-likeness (QED) is 0.715. The Morgan fingerprint density at radius 3 is 2.79 bits per heavy atom. The molecule has 1 radical (unpaired) electrons. The predicted molar refractivity (Wildman–Crippen MR) is 55.3 cm³/mol. The maximum absolute atomic E-state index is 12.4. The zero-order chi connectivity index (χ0) is 10.6. The summed E-state index contributed by atoms with van der Waals surface area (Å²) < 4.78 is 12.4. The number of halogens is 1. The van der Waals surface area contributed by atoms with E-state index in [0.717, 1.165) is 5.56 Å². The number of hydrogen-bond donors (Lipinski definition) is 0. The van der Waals surface area contributed by atoms with Crippen LogP contribution in [-0.2, 0) is 0 Å². The van der Waals surface area contributed by atoms with Gasteiger partial charge in [-0.15, -0.1) is 0 Å². The van der Waals surface area contributed by atoms with E-state index in [-0.39, 0.29) is 0 Å². The zero-order valence-electron chi connectivity index (χ0n) is 7.83. The summed E-state index contributed by atoms with van der Waals surface area (Å²) in [6.07, 6.45) is 1.59. The lowest BCUT2D eigenvalue weighted by Gasteiger charge is -2.10. The maximum atomic E-state index is 12.4. The molecular weight excluding hydrogens is 177 g/mol. The molecule has 14 heavy (non-hydrogen) atoms. The van der Waals surface area contributed by atoms with Gasteiger partial charge in [0.25, 0.3) is 0 Å². The molecule has 0 heterocycles. The summed E-state index contributed by atoms with van der Waals surface area (Å²) in [6, 6.07) is 7.33. The number of hydrogen-bond acceptors (Lipinski definition) is 1. The van der Waals surface area contributed by atoms with E-state index in [0.29, 0.717) is 11.1 Å². The third-order valence-corrected chi connectivity index (χ3v) is 2.09. The molecule has 0 saturated carbocycles. The monoisotopic (exact) mass is 188 g/mol. The highest BCUT2D eigenvalue weighted by atomic mass is 19.1. The molecule has 1 atom stereocenters. The van der Waals surface area contributed by atoms with Crippen LogP contribution in [0.4, 0.5) is 4.39 Å². The third-order valence-electron chi connectivity index (χ3n) is 2.09. The smallest absolute Gasteiger partial charge is 0.100 e. The Morgan fingerprint density at radius 1 is 1.57 bits per heavy atom. The second-order valence-electron chi connectivity index (χ2n) is 2.98.